The van der Waals surface area contributed by atoms with Crippen molar-refractivity contribution in [2.75, 3.05) is 11.9 Å². The van der Waals surface area contributed by atoms with Gasteiger partial charge in [-0.2, -0.15) is 0 Å². The summed E-state index contributed by atoms with van der Waals surface area (Å²) in [6.07, 6.45) is 0. The predicted molar refractivity (Wildman–Crippen MR) is 72.2 cm³/mol. The van der Waals surface area contributed by atoms with Gasteiger partial charge in [-0.25, -0.2) is 4.79 Å². The van der Waals surface area contributed by atoms with Crippen LogP contribution >= 0.6 is 0 Å². The Hall–Kier alpha value is -2.04. The maximum Gasteiger partial charge on any atom is 0.341 e. The first-order valence-corrected chi connectivity index (χ1v) is 6.16. The van der Waals surface area contributed by atoms with E-state index in [1.54, 1.807) is 24.3 Å². The Kier molecular flexibility index (Phi) is 5.36. The molecule has 0 saturated heterocycles. The summed E-state index contributed by atoms with van der Waals surface area (Å²) >= 11 is 0. The van der Waals surface area contributed by atoms with Crippen LogP contribution in [0.15, 0.2) is 24.3 Å². The number of ether oxygens (including phenoxy) is 1. The Morgan fingerprint density at radius 3 is 2.47 bits per heavy atom. The van der Waals surface area contributed by atoms with Crippen molar-refractivity contribution in [2.45, 2.75) is 20.8 Å². The molecule has 0 spiro atoms. The quantitative estimate of drug-likeness (QED) is 0.828. The minimum Gasteiger partial charge on any atom is -0.480 e. The summed E-state index contributed by atoms with van der Waals surface area (Å²) in [6.45, 7) is 5.35. The second-order valence-electron chi connectivity index (χ2n) is 4.70. The Bertz CT molecular complexity index is 457. The molecule has 1 unspecified atom stereocenters. The lowest BCUT2D eigenvalue weighted by Crippen LogP contribution is -2.24. The van der Waals surface area contributed by atoms with Gasteiger partial charge in [0.25, 0.3) is 0 Å². The second-order valence-corrected chi connectivity index (χ2v) is 4.70. The molecule has 1 rings (SSSR count). The van der Waals surface area contributed by atoms with Crippen LogP contribution in [0.3, 0.4) is 0 Å². The van der Waals surface area contributed by atoms with Gasteiger partial charge in [-0.15, -0.1) is 0 Å². The lowest BCUT2D eigenvalue weighted by atomic mass is 9.97. The second kappa shape index (κ2) is 6.78. The number of amides is 1. The number of anilines is 1. The summed E-state index contributed by atoms with van der Waals surface area (Å²) in [4.78, 5) is 22.5. The van der Waals surface area contributed by atoms with Gasteiger partial charge in [0.15, 0.2) is 6.61 Å². The fourth-order valence-electron chi connectivity index (χ4n) is 1.38. The molecular formula is C14H19NO4. The van der Waals surface area contributed by atoms with Crippen LogP contribution in [0.4, 0.5) is 5.69 Å². The van der Waals surface area contributed by atoms with Gasteiger partial charge < -0.3 is 15.2 Å². The van der Waals surface area contributed by atoms with Crippen LogP contribution in [0.2, 0.25) is 0 Å². The minimum absolute atomic E-state index is 0.110. The summed E-state index contributed by atoms with van der Waals surface area (Å²) in [7, 11) is 0. The summed E-state index contributed by atoms with van der Waals surface area (Å²) in [5, 5.41) is 11.4. The van der Waals surface area contributed by atoms with Gasteiger partial charge in [0.1, 0.15) is 5.75 Å². The van der Waals surface area contributed by atoms with Crippen molar-refractivity contribution < 1.29 is 19.4 Å². The van der Waals surface area contributed by atoms with Crippen LogP contribution in [-0.2, 0) is 9.59 Å². The summed E-state index contributed by atoms with van der Waals surface area (Å²) < 4.78 is 5.13. The number of hydrogen-bond donors (Lipinski definition) is 2. The first-order valence-electron chi connectivity index (χ1n) is 6.16. The number of carboxylic acid groups (broad SMARTS) is 1. The van der Waals surface area contributed by atoms with Gasteiger partial charge in [0, 0.05) is 5.92 Å². The molecule has 2 N–H and O–H groups in total. The monoisotopic (exact) mass is 265 g/mol. The molecule has 5 nitrogen and oxygen atoms in total. The van der Waals surface area contributed by atoms with E-state index in [1.807, 2.05) is 20.8 Å². The maximum absolute atomic E-state index is 12.0. The average molecular weight is 265 g/mol. The molecule has 0 radical (unpaired) electrons. The number of nitrogens with one attached hydrogen (secondary N) is 1. The fraction of sp³-hybridized carbons (Fsp3) is 0.429. The van der Waals surface area contributed by atoms with Crippen molar-refractivity contribution in [1.82, 2.24) is 0 Å². The number of hydrogen-bond acceptors (Lipinski definition) is 3. The number of rotatable bonds is 6. The third-order valence-corrected chi connectivity index (χ3v) is 2.91. The van der Waals surface area contributed by atoms with E-state index in [-0.39, 0.29) is 17.7 Å². The third-order valence-electron chi connectivity index (χ3n) is 2.91. The molecular weight excluding hydrogens is 246 g/mol. The van der Waals surface area contributed by atoms with Gasteiger partial charge in [-0.3, -0.25) is 4.79 Å². The smallest absolute Gasteiger partial charge is 0.341 e. The number of aliphatic carboxylic acids is 1. The number of carboxylic acids is 1. The molecule has 0 aliphatic heterocycles. The highest BCUT2D eigenvalue weighted by molar-refractivity contribution is 5.93. The Balaban J connectivity index is 2.77. The van der Waals surface area contributed by atoms with Crippen LogP contribution in [0.1, 0.15) is 20.8 Å². The first kappa shape index (κ1) is 15.0. The van der Waals surface area contributed by atoms with E-state index in [9.17, 15) is 9.59 Å². The Labute approximate surface area is 112 Å². The van der Waals surface area contributed by atoms with Crippen LogP contribution in [0.5, 0.6) is 5.75 Å². The molecule has 19 heavy (non-hydrogen) atoms. The van der Waals surface area contributed by atoms with Gasteiger partial charge >= 0.3 is 5.97 Å². The molecule has 0 aliphatic rings. The van der Waals surface area contributed by atoms with Crippen LogP contribution in [-0.4, -0.2) is 23.6 Å². The normalized spacial score (nSPS) is 12.0. The van der Waals surface area contributed by atoms with E-state index in [4.69, 9.17) is 9.84 Å². The lowest BCUT2D eigenvalue weighted by Gasteiger charge is -2.17. The van der Waals surface area contributed by atoms with Crippen molar-refractivity contribution in [3.05, 3.63) is 24.3 Å². The molecule has 0 fully saturated rings. The fourth-order valence-corrected chi connectivity index (χ4v) is 1.38. The molecule has 1 aromatic carbocycles. The van der Waals surface area contributed by atoms with Crippen molar-refractivity contribution >= 4 is 17.6 Å². The summed E-state index contributed by atoms with van der Waals surface area (Å²) in [5.41, 5.74) is 0.487. The van der Waals surface area contributed by atoms with Crippen LogP contribution in [0.25, 0.3) is 0 Å². The molecule has 0 heterocycles. The van der Waals surface area contributed by atoms with Crippen LogP contribution < -0.4 is 10.1 Å². The molecule has 0 aliphatic carbocycles. The molecule has 1 amide bonds. The predicted octanol–water partition coefficient (Wildman–Crippen LogP) is 2.38. The highest BCUT2D eigenvalue weighted by Crippen LogP contribution is 2.25. The SMILES string of the molecule is CC(C)C(C)C(=O)Nc1ccccc1OCC(=O)O. The van der Waals surface area contributed by atoms with Crippen molar-refractivity contribution in [3.8, 4) is 5.75 Å². The topological polar surface area (TPSA) is 75.6 Å². The van der Waals surface area contributed by atoms with Gasteiger partial charge in [-0.05, 0) is 18.1 Å². The summed E-state index contributed by atoms with van der Waals surface area (Å²) in [5.74, 6) is -0.716. The molecule has 5 heteroatoms. The number of benzene rings is 1. The van der Waals surface area contributed by atoms with E-state index in [1.165, 1.54) is 0 Å². The average Bonchev–Trinajstić information content (AvgIpc) is 2.36. The van der Waals surface area contributed by atoms with E-state index in [2.05, 4.69) is 5.32 Å². The molecule has 104 valence electrons. The van der Waals surface area contributed by atoms with Crippen molar-refractivity contribution in [1.29, 1.82) is 0 Å². The number of para-hydroxylation sites is 2. The number of carbonyl (C=O) groups excluding carboxylic acids is 1. The minimum atomic E-state index is -1.06. The maximum atomic E-state index is 12.0. The van der Waals surface area contributed by atoms with Crippen molar-refractivity contribution in [3.63, 3.8) is 0 Å². The van der Waals surface area contributed by atoms with Crippen LogP contribution in [0, 0.1) is 11.8 Å². The highest BCUT2D eigenvalue weighted by atomic mass is 16.5. The van der Waals surface area contributed by atoms with Crippen molar-refractivity contribution in [2.24, 2.45) is 11.8 Å². The highest BCUT2D eigenvalue weighted by Gasteiger charge is 2.18. The standard InChI is InChI=1S/C14H19NO4/c1-9(2)10(3)14(18)15-11-6-4-5-7-12(11)19-8-13(16)17/h4-7,9-10H,8H2,1-3H3,(H,15,18)(H,16,17). The lowest BCUT2D eigenvalue weighted by molar-refractivity contribution is -0.139. The van der Waals surface area contributed by atoms with E-state index >= 15 is 0 Å². The zero-order valence-electron chi connectivity index (χ0n) is 11.3. The zero-order valence-corrected chi connectivity index (χ0v) is 11.3. The zero-order chi connectivity index (χ0) is 14.4. The van der Waals surface area contributed by atoms with E-state index < -0.39 is 12.6 Å². The third kappa shape index (κ3) is 4.62. The molecule has 0 bridgehead atoms. The molecule has 1 aromatic rings. The largest absolute Gasteiger partial charge is 0.480 e. The molecule has 0 aromatic heterocycles. The summed E-state index contributed by atoms with van der Waals surface area (Å²) in [6, 6.07) is 6.78. The van der Waals surface area contributed by atoms with Gasteiger partial charge in [0.2, 0.25) is 5.91 Å². The van der Waals surface area contributed by atoms with E-state index in [0.29, 0.717) is 11.4 Å². The van der Waals surface area contributed by atoms with E-state index in [0.717, 1.165) is 0 Å². The Morgan fingerprint density at radius 2 is 1.89 bits per heavy atom. The number of carbonyl (C=O) groups is 2. The Morgan fingerprint density at radius 1 is 1.26 bits per heavy atom. The molecule has 1 atom stereocenters. The molecule has 0 saturated carbocycles. The van der Waals surface area contributed by atoms with Gasteiger partial charge in [-0.1, -0.05) is 32.9 Å². The van der Waals surface area contributed by atoms with Gasteiger partial charge in [0.05, 0.1) is 5.69 Å². The first-order chi connectivity index (χ1) is 8.91.